The van der Waals surface area contributed by atoms with Crippen molar-refractivity contribution < 1.29 is 9.47 Å². The van der Waals surface area contributed by atoms with E-state index in [2.05, 4.69) is 58.8 Å². The van der Waals surface area contributed by atoms with Gasteiger partial charge in [-0.05, 0) is 12.8 Å². The molecule has 0 saturated carbocycles. The molecule has 0 bridgehead atoms. The van der Waals surface area contributed by atoms with Crippen LogP contribution < -0.4 is 25.0 Å². The highest BCUT2D eigenvalue weighted by Gasteiger charge is 2.22. The molecule has 1 aliphatic rings. The summed E-state index contributed by atoms with van der Waals surface area (Å²) in [6, 6.07) is 6.42. The average molecular weight is 574 g/mol. The van der Waals surface area contributed by atoms with E-state index in [0.29, 0.717) is 12.6 Å². The Morgan fingerprint density at radius 3 is 2.28 bits per heavy atom. The van der Waals surface area contributed by atoms with Crippen molar-refractivity contribution >= 4 is 47.0 Å². The van der Waals surface area contributed by atoms with Gasteiger partial charge in [-0.25, -0.2) is 4.98 Å². The smallest absolute Gasteiger partial charge is 0.191 e. The lowest BCUT2D eigenvalue weighted by Gasteiger charge is -2.34. The molecule has 1 fully saturated rings. The van der Waals surface area contributed by atoms with E-state index in [1.54, 1.807) is 25.6 Å². The van der Waals surface area contributed by atoms with Gasteiger partial charge in [0.2, 0.25) is 0 Å². The molecule has 1 aromatic heterocycles. The van der Waals surface area contributed by atoms with Crippen molar-refractivity contribution in [3.05, 3.63) is 34.3 Å². The summed E-state index contributed by atoms with van der Waals surface area (Å²) < 4.78 is 10.8. The quantitative estimate of drug-likeness (QED) is 0.303. The third-order valence-electron chi connectivity index (χ3n) is 5.39. The largest absolute Gasteiger partial charge is 0.497 e. The number of hydrogen-bond acceptors (Lipinski definition) is 6. The topological polar surface area (TPSA) is 71.0 Å². The molecule has 0 unspecified atom stereocenters. The second-order valence-electron chi connectivity index (χ2n) is 8.80. The molecule has 0 radical (unpaired) electrons. The van der Waals surface area contributed by atoms with Crippen LogP contribution in [0.15, 0.2) is 28.6 Å². The number of methoxy groups -OCH3 is 2. The first kappa shape index (κ1) is 26.5. The van der Waals surface area contributed by atoms with Crippen LogP contribution in [0.25, 0.3) is 0 Å². The fourth-order valence-electron chi connectivity index (χ4n) is 3.55. The summed E-state index contributed by atoms with van der Waals surface area (Å²) in [5.74, 6) is 2.46. The molecule has 1 aliphatic heterocycles. The van der Waals surface area contributed by atoms with Gasteiger partial charge in [0, 0.05) is 60.9 Å². The Bertz CT molecular complexity index is 867. The van der Waals surface area contributed by atoms with E-state index in [1.807, 2.05) is 13.1 Å². The van der Waals surface area contributed by atoms with Gasteiger partial charge in [0.25, 0.3) is 0 Å². The molecule has 7 nitrogen and oxygen atoms in total. The number of guanidine groups is 1. The van der Waals surface area contributed by atoms with E-state index < -0.39 is 0 Å². The monoisotopic (exact) mass is 573 g/mol. The zero-order valence-electron chi connectivity index (χ0n) is 19.9. The normalized spacial score (nSPS) is 15.2. The number of rotatable bonds is 6. The second kappa shape index (κ2) is 11.9. The Morgan fingerprint density at radius 1 is 1.16 bits per heavy atom. The van der Waals surface area contributed by atoms with Gasteiger partial charge in [-0.2, -0.15) is 0 Å². The van der Waals surface area contributed by atoms with Crippen LogP contribution in [0.3, 0.4) is 0 Å². The van der Waals surface area contributed by atoms with Gasteiger partial charge in [0.15, 0.2) is 5.96 Å². The van der Waals surface area contributed by atoms with Crippen molar-refractivity contribution in [2.45, 2.75) is 51.6 Å². The van der Waals surface area contributed by atoms with E-state index in [9.17, 15) is 0 Å². The molecule has 2 aromatic rings. The van der Waals surface area contributed by atoms with Crippen molar-refractivity contribution in [2.24, 2.45) is 4.99 Å². The number of thiazole rings is 1. The van der Waals surface area contributed by atoms with Crippen LogP contribution in [0.5, 0.6) is 11.5 Å². The summed E-state index contributed by atoms with van der Waals surface area (Å²) >= 11 is 1.72. The number of hydrogen-bond donors (Lipinski definition) is 2. The third-order valence-corrected chi connectivity index (χ3v) is 6.71. The first-order valence-electron chi connectivity index (χ1n) is 10.7. The molecular weight excluding hydrogens is 537 g/mol. The number of anilines is 1. The molecule has 178 valence electrons. The number of ether oxygens (including phenoxy) is 2. The highest BCUT2D eigenvalue weighted by Crippen LogP contribution is 2.30. The fourth-order valence-corrected chi connectivity index (χ4v) is 4.46. The molecule has 1 saturated heterocycles. The molecule has 0 aliphatic carbocycles. The van der Waals surface area contributed by atoms with Gasteiger partial charge in [0.1, 0.15) is 11.5 Å². The van der Waals surface area contributed by atoms with Gasteiger partial charge < -0.3 is 25.0 Å². The van der Waals surface area contributed by atoms with E-state index in [0.717, 1.165) is 59.8 Å². The van der Waals surface area contributed by atoms with E-state index in [4.69, 9.17) is 14.5 Å². The van der Waals surface area contributed by atoms with Crippen molar-refractivity contribution in [3.63, 3.8) is 0 Å². The molecule has 2 heterocycles. The minimum Gasteiger partial charge on any atom is -0.497 e. The predicted octanol–water partition coefficient (Wildman–Crippen LogP) is 4.41. The Morgan fingerprint density at radius 2 is 1.78 bits per heavy atom. The molecule has 1 aromatic carbocycles. The van der Waals surface area contributed by atoms with E-state index >= 15 is 0 Å². The molecule has 0 atom stereocenters. The summed E-state index contributed by atoms with van der Waals surface area (Å²) in [6.45, 7) is 9.18. The van der Waals surface area contributed by atoms with E-state index in [-0.39, 0.29) is 29.4 Å². The van der Waals surface area contributed by atoms with Gasteiger partial charge >= 0.3 is 0 Å². The molecule has 2 N–H and O–H groups in total. The maximum Gasteiger partial charge on any atom is 0.191 e. The lowest BCUT2D eigenvalue weighted by Crippen LogP contribution is -2.48. The zero-order valence-corrected chi connectivity index (χ0v) is 23.0. The minimum absolute atomic E-state index is 0. The van der Waals surface area contributed by atoms with Gasteiger partial charge in [-0.3, -0.25) is 4.99 Å². The van der Waals surface area contributed by atoms with Crippen LogP contribution in [-0.2, 0) is 12.0 Å². The summed E-state index contributed by atoms with van der Waals surface area (Å²) in [5, 5.41) is 10.3. The van der Waals surface area contributed by atoms with Crippen molar-refractivity contribution in [3.8, 4) is 11.5 Å². The van der Waals surface area contributed by atoms with Crippen molar-refractivity contribution in [2.75, 3.05) is 39.3 Å². The Labute approximate surface area is 213 Å². The van der Waals surface area contributed by atoms with Crippen LogP contribution in [0, 0.1) is 0 Å². The lowest BCUT2D eigenvalue weighted by molar-refractivity contribution is 0.393. The van der Waals surface area contributed by atoms with Crippen LogP contribution >= 0.6 is 35.3 Å². The van der Waals surface area contributed by atoms with Crippen molar-refractivity contribution in [1.29, 1.82) is 0 Å². The number of aromatic nitrogens is 1. The summed E-state index contributed by atoms with van der Waals surface area (Å²) in [7, 11) is 5.18. The Balaban J connectivity index is 0.00000363. The SMILES string of the molecule is CN=C(NCc1csc(C(C)(C)C)n1)NC1CCN(c2cc(OC)cc(OC)c2)CC1.I. The average Bonchev–Trinajstić information content (AvgIpc) is 3.26. The minimum atomic E-state index is 0. The summed E-state index contributed by atoms with van der Waals surface area (Å²) in [6.07, 6.45) is 2.07. The standard InChI is InChI=1S/C23H35N5O2S.HI/c1-23(2,3)21-26-17(15-31-21)14-25-22(24-4)27-16-7-9-28(10-8-16)18-11-19(29-5)13-20(12-18)30-6;/h11-13,15-16H,7-10,14H2,1-6H3,(H2,24,25,27);1H. The molecule has 0 amide bonds. The lowest BCUT2D eigenvalue weighted by atomic mass is 9.98. The number of halogens is 1. The van der Waals surface area contributed by atoms with Crippen LogP contribution in [0.2, 0.25) is 0 Å². The van der Waals surface area contributed by atoms with Gasteiger partial charge in [-0.1, -0.05) is 20.8 Å². The maximum absolute atomic E-state index is 5.41. The summed E-state index contributed by atoms with van der Waals surface area (Å²) in [4.78, 5) is 11.5. The van der Waals surface area contributed by atoms with Crippen LogP contribution in [-0.4, -0.2) is 51.3 Å². The predicted molar refractivity (Wildman–Crippen MR) is 144 cm³/mol. The van der Waals surface area contributed by atoms with Crippen LogP contribution in [0.4, 0.5) is 5.69 Å². The summed E-state index contributed by atoms with van der Waals surface area (Å²) in [5.41, 5.74) is 2.28. The van der Waals surface area contributed by atoms with Gasteiger partial charge in [0.05, 0.1) is 31.5 Å². The maximum atomic E-state index is 5.41. The van der Waals surface area contributed by atoms with Crippen molar-refractivity contribution in [1.82, 2.24) is 15.6 Å². The number of aliphatic imine (C=N–C) groups is 1. The highest BCUT2D eigenvalue weighted by molar-refractivity contribution is 14.0. The first-order valence-corrected chi connectivity index (χ1v) is 11.6. The molecule has 3 rings (SSSR count). The molecule has 9 heteroatoms. The molecule has 32 heavy (non-hydrogen) atoms. The van der Waals surface area contributed by atoms with E-state index in [1.165, 1.54) is 0 Å². The number of benzene rings is 1. The number of nitrogens with one attached hydrogen (secondary N) is 2. The molecular formula is C23H36IN5O2S. The number of piperidine rings is 1. The third kappa shape index (κ3) is 7.13. The first-order chi connectivity index (χ1) is 14.8. The zero-order chi connectivity index (χ0) is 22.4. The fraction of sp³-hybridized carbons (Fsp3) is 0.565. The Kier molecular flexibility index (Phi) is 9.87. The second-order valence-corrected chi connectivity index (χ2v) is 9.65. The van der Waals surface area contributed by atoms with Crippen LogP contribution in [0.1, 0.15) is 44.3 Å². The Hall–Kier alpha value is -1.75. The van der Waals surface area contributed by atoms with Gasteiger partial charge in [-0.15, -0.1) is 35.3 Å². The number of nitrogens with zero attached hydrogens (tertiary/aromatic N) is 3. The molecule has 0 spiro atoms. The highest BCUT2D eigenvalue weighted by atomic mass is 127.